The summed E-state index contributed by atoms with van der Waals surface area (Å²) in [6.07, 6.45) is 0. The molecule has 0 saturated carbocycles. The van der Waals surface area contributed by atoms with Gasteiger partial charge in [0.1, 0.15) is 5.82 Å². The third-order valence-corrected chi connectivity index (χ3v) is 5.64. The lowest BCUT2D eigenvalue weighted by Gasteiger charge is -2.11. The van der Waals surface area contributed by atoms with Crippen LogP contribution in [-0.2, 0) is 10.5 Å². The molecule has 2 N–H and O–H groups in total. The molecular weight excluding hydrogens is 398 g/mol. The number of para-hydroxylation sites is 1. The Bertz CT molecular complexity index is 1230. The van der Waals surface area contributed by atoms with Gasteiger partial charge in [0, 0.05) is 5.56 Å². The highest BCUT2D eigenvalue weighted by molar-refractivity contribution is 7.99. The zero-order chi connectivity index (χ0) is 20.9. The van der Waals surface area contributed by atoms with Crippen LogP contribution in [0, 0.1) is 0 Å². The highest BCUT2D eigenvalue weighted by Gasteiger charge is 2.15. The van der Waals surface area contributed by atoms with Crippen LogP contribution in [0.4, 0.5) is 5.82 Å². The van der Waals surface area contributed by atoms with Crippen molar-refractivity contribution in [3.8, 4) is 11.3 Å². The summed E-state index contributed by atoms with van der Waals surface area (Å²) in [7, 11) is 0. The number of nitrogens with zero attached hydrogens (tertiary/aromatic N) is 3. The fourth-order valence-corrected chi connectivity index (χ4v) is 3.63. The topological polar surface area (TPSA) is 101 Å². The van der Waals surface area contributed by atoms with Gasteiger partial charge in [0.2, 0.25) is 5.91 Å². The number of thioether (sulfide) groups is 1. The van der Waals surface area contributed by atoms with Gasteiger partial charge in [0.05, 0.1) is 27.6 Å². The number of H-pyrrole nitrogens is 1. The summed E-state index contributed by atoms with van der Waals surface area (Å²) < 4.78 is 0. The van der Waals surface area contributed by atoms with E-state index < -0.39 is 0 Å². The Kier molecular flexibility index (Phi) is 5.85. The van der Waals surface area contributed by atoms with E-state index in [0.717, 1.165) is 11.3 Å². The lowest BCUT2D eigenvalue weighted by atomic mass is 10.1. The first-order valence-corrected chi connectivity index (χ1v) is 10.4. The average molecular weight is 417 g/mol. The van der Waals surface area contributed by atoms with Crippen molar-refractivity contribution in [2.45, 2.75) is 17.9 Å². The molecule has 0 bridgehead atoms. The molecule has 4 aromatic rings. The molecule has 4 rings (SSSR count). The number of carbonyl (C=O) groups is 1. The Morgan fingerprint density at radius 2 is 1.80 bits per heavy atom. The lowest BCUT2D eigenvalue weighted by molar-refractivity contribution is -0.115. The maximum Gasteiger partial charge on any atom is 0.258 e. The maximum atomic E-state index is 12.5. The fraction of sp³-hybridized carbons (Fsp3) is 0.136. The molecule has 0 aliphatic carbocycles. The number of benzene rings is 2. The van der Waals surface area contributed by atoms with Crippen LogP contribution in [0.3, 0.4) is 0 Å². The highest BCUT2D eigenvalue weighted by Crippen LogP contribution is 2.19. The lowest BCUT2D eigenvalue weighted by Crippen LogP contribution is -2.23. The van der Waals surface area contributed by atoms with Crippen molar-refractivity contribution in [3.63, 3.8) is 0 Å². The quantitative estimate of drug-likeness (QED) is 0.497. The van der Waals surface area contributed by atoms with Crippen LogP contribution in [0.15, 0.2) is 71.5 Å². The number of amides is 1. The van der Waals surface area contributed by atoms with Gasteiger partial charge in [0.25, 0.3) is 5.56 Å². The van der Waals surface area contributed by atoms with Crippen molar-refractivity contribution < 1.29 is 4.79 Å². The molecule has 0 aliphatic rings. The van der Waals surface area contributed by atoms with E-state index in [1.54, 1.807) is 31.2 Å². The number of carbonyl (C=O) groups excluding carboxylic acids is 1. The van der Waals surface area contributed by atoms with E-state index in [9.17, 15) is 9.59 Å². The molecular formula is C22H19N5O2S. The maximum absolute atomic E-state index is 12.5. The molecule has 1 unspecified atom stereocenters. The number of aromatic amines is 1. The second kappa shape index (κ2) is 8.87. The van der Waals surface area contributed by atoms with E-state index in [4.69, 9.17) is 0 Å². The first-order valence-electron chi connectivity index (χ1n) is 9.40. The first-order chi connectivity index (χ1) is 14.6. The summed E-state index contributed by atoms with van der Waals surface area (Å²) in [5.74, 6) is 1.15. The minimum absolute atomic E-state index is 0.179. The molecule has 1 atom stereocenters. The minimum Gasteiger partial charge on any atom is -0.309 e. The Morgan fingerprint density at radius 3 is 2.57 bits per heavy atom. The van der Waals surface area contributed by atoms with Gasteiger partial charge >= 0.3 is 0 Å². The van der Waals surface area contributed by atoms with Crippen LogP contribution in [-0.4, -0.2) is 31.3 Å². The number of anilines is 1. The van der Waals surface area contributed by atoms with E-state index in [-0.39, 0.29) is 16.7 Å². The van der Waals surface area contributed by atoms with Crippen LogP contribution >= 0.6 is 11.8 Å². The molecule has 7 nitrogen and oxygen atoms in total. The first kappa shape index (κ1) is 19.8. The van der Waals surface area contributed by atoms with Gasteiger partial charge in [-0.15, -0.1) is 22.0 Å². The molecule has 1 amide bonds. The van der Waals surface area contributed by atoms with Crippen LogP contribution < -0.4 is 10.9 Å². The van der Waals surface area contributed by atoms with Crippen molar-refractivity contribution >= 4 is 34.4 Å². The van der Waals surface area contributed by atoms with E-state index >= 15 is 0 Å². The number of rotatable bonds is 6. The molecule has 0 saturated heterocycles. The Morgan fingerprint density at radius 1 is 1.03 bits per heavy atom. The summed E-state index contributed by atoms with van der Waals surface area (Å²) in [6, 6.07) is 20.4. The Balaban J connectivity index is 1.37. The Labute approximate surface area is 177 Å². The number of aromatic nitrogens is 4. The molecule has 0 spiro atoms. The summed E-state index contributed by atoms with van der Waals surface area (Å²) in [5, 5.41) is 11.2. The van der Waals surface area contributed by atoms with Crippen molar-refractivity contribution in [2.24, 2.45) is 0 Å². The van der Waals surface area contributed by atoms with Gasteiger partial charge < -0.3 is 10.3 Å². The van der Waals surface area contributed by atoms with Gasteiger partial charge in [-0.25, -0.2) is 4.98 Å². The standard InChI is InChI=1S/C22H19N5O2S/c1-14(30-13-20-23-18-10-6-5-9-16(18)22(29)25-20)21(28)24-19-12-11-17(26-27-19)15-7-3-2-4-8-15/h2-12,14H,13H2,1H3,(H,23,25,29)(H,24,27,28). The molecule has 2 heterocycles. The SMILES string of the molecule is CC(SCc1nc2ccccc2c(=O)[nH]1)C(=O)Nc1ccc(-c2ccccc2)nn1. The van der Waals surface area contributed by atoms with Crippen molar-refractivity contribution in [3.05, 3.63) is 82.9 Å². The summed E-state index contributed by atoms with van der Waals surface area (Å²) in [4.78, 5) is 31.9. The molecule has 150 valence electrons. The van der Waals surface area contributed by atoms with Gasteiger partial charge in [0.15, 0.2) is 5.82 Å². The van der Waals surface area contributed by atoms with Crippen molar-refractivity contribution in [1.29, 1.82) is 0 Å². The number of hydrogen-bond acceptors (Lipinski definition) is 6. The third kappa shape index (κ3) is 4.55. The second-order valence-electron chi connectivity index (χ2n) is 6.64. The van der Waals surface area contributed by atoms with Crippen LogP contribution in [0.5, 0.6) is 0 Å². The molecule has 30 heavy (non-hydrogen) atoms. The number of fused-ring (bicyclic) bond motifs is 1. The molecule has 0 aliphatic heterocycles. The third-order valence-electron chi connectivity index (χ3n) is 4.49. The van der Waals surface area contributed by atoms with E-state index in [1.165, 1.54) is 11.8 Å². The normalized spacial score (nSPS) is 11.9. The van der Waals surface area contributed by atoms with E-state index in [2.05, 4.69) is 25.5 Å². The predicted molar refractivity (Wildman–Crippen MR) is 119 cm³/mol. The molecule has 2 aromatic carbocycles. The van der Waals surface area contributed by atoms with Gasteiger partial charge in [-0.2, -0.15) is 0 Å². The zero-order valence-electron chi connectivity index (χ0n) is 16.2. The molecule has 2 aromatic heterocycles. The number of nitrogens with one attached hydrogen (secondary N) is 2. The van der Waals surface area contributed by atoms with E-state index in [0.29, 0.717) is 28.3 Å². The van der Waals surface area contributed by atoms with Gasteiger partial charge in [-0.05, 0) is 31.2 Å². The monoisotopic (exact) mass is 417 g/mol. The van der Waals surface area contributed by atoms with Crippen LogP contribution in [0.2, 0.25) is 0 Å². The van der Waals surface area contributed by atoms with E-state index in [1.807, 2.05) is 42.5 Å². The van der Waals surface area contributed by atoms with Crippen LogP contribution in [0.25, 0.3) is 22.2 Å². The molecule has 0 radical (unpaired) electrons. The number of hydrogen-bond donors (Lipinski definition) is 2. The van der Waals surface area contributed by atoms with Crippen molar-refractivity contribution in [1.82, 2.24) is 20.2 Å². The molecule has 0 fully saturated rings. The fourth-order valence-electron chi connectivity index (χ4n) is 2.87. The smallest absolute Gasteiger partial charge is 0.258 e. The van der Waals surface area contributed by atoms with Crippen LogP contribution in [0.1, 0.15) is 12.7 Å². The predicted octanol–water partition coefficient (Wildman–Crippen LogP) is 3.64. The zero-order valence-corrected chi connectivity index (χ0v) is 17.0. The van der Waals surface area contributed by atoms with Crippen molar-refractivity contribution in [2.75, 3.05) is 5.32 Å². The molecule has 8 heteroatoms. The summed E-state index contributed by atoms with van der Waals surface area (Å²) in [5.41, 5.74) is 2.16. The summed E-state index contributed by atoms with van der Waals surface area (Å²) >= 11 is 1.38. The average Bonchev–Trinajstić information content (AvgIpc) is 2.78. The Hall–Kier alpha value is -3.52. The largest absolute Gasteiger partial charge is 0.309 e. The van der Waals surface area contributed by atoms with Gasteiger partial charge in [-0.3, -0.25) is 9.59 Å². The summed E-state index contributed by atoms with van der Waals surface area (Å²) in [6.45, 7) is 1.80. The highest BCUT2D eigenvalue weighted by atomic mass is 32.2. The minimum atomic E-state index is -0.364. The van der Waals surface area contributed by atoms with Gasteiger partial charge in [-0.1, -0.05) is 42.5 Å². The second-order valence-corrected chi connectivity index (χ2v) is 7.97.